The lowest BCUT2D eigenvalue weighted by Crippen LogP contribution is -1.84. The zero-order valence-electron chi connectivity index (χ0n) is 7.85. The molecule has 2 rings (SSSR count). The molecule has 0 amide bonds. The van der Waals surface area contributed by atoms with Gasteiger partial charge < -0.3 is 0 Å². The number of aromatic nitrogens is 1. The van der Waals surface area contributed by atoms with Gasteiger partial charge in [-0.05, 0) is 29.8 Å². The third-order valence-corrected chi connectivity index (χ3v) is 3.24. The third-order valence-electron chi connectivity index (χ3n) is 2.04. The number of halogens is 4. The van der Waals surface area contributed by atoms with E-state index in [-0.39, 0.29) is 0 Å². The van der Waals surface area contributed by atoms with Crippen molar-refractivity contribution in [1.29, 1.82) is 0 Å². The van der Waals surface area contributed by atoms with Crippen LogP contribution in [-0.2, 0) is 0 Å². The Labute approximate surface area is 107 Å². The van der Waals surface area contributed by atoms with Crippen LogP contribution in [0.2, 0.25) is 15.1 Å². The molecule has 5 heteroatoms. The lowest BCUT2D eigenvalue weighted by atomic mass is 10.1. The Kier molecular flexibility index (Phi) is 3.33. The van der Waals surface area contributed by atoms with Crippen LogP contribution in [0.4, 0.5) is 4.39 Å². The van der Waals surface area contributed by atoms with Gasteiger partial charge in [-0.2, -0.15) is 4.39 Å². The van der Waals surface area contributed by atoms with E-state index in [9.17, 15) is 4.39 Å². The van der Waals surface area contributed by atoms with Gasteiger partial charge in [0, 0.05) is 11.8 Å². The van der Waals surface area contributed by atoms with E-state index in [0.29, 0.717) is 15.1 Å². The topological polar surface area (TPSA) is 12.9 Å². The normalized spacial score (nSPS) is 10.5. The molecule has 0 fully saturated rings. The van der Waals surface area contributed by atoms with Gasteiger partial charge in [-0.25, -0.2) is 4.98 Å². The summed E-state index contributed by atoms with van der Waals surface area (Å²) in [5, 5.41) is 1.02. The van der Waals surface area contributed by atoms with Gasteiger partial charge in [0.1, 0.15) is 0 Å². The molecule has 0 radical (unpaired) electrons. The summed E-state index contributed by atoms with van der Waals surface area (Å²) >= 11 is 17.6. The summed E-state index contributed by atoms with van der Waals surface area (Å²) in [5.74, 6) is -0.532. The molecule has 1 aromatic carbocycles. The Balaban J connectivity index is 2.52. The first-order valence-electron chi connectivity index (χ1n) is 4.34. The van der Waals surface area contributed by atoms with Gasteiger partial charge in [-0.3, -0.25) is 0 Å². The van der Waals surface area contributed by atoms with E-state index in [1.807, 2.05) is 0 Å². The number of hydrogen-bond acceptors (Lipinski definition) is 1. The monoisotopic (exact) mass is 275 g/mol. The third kappa shape index (κ3) is 2.29. The molecule has 82 valence electrons. The van der Waals surface area contributed by atoms with Crippen molar-refractivity contribution in [2.45, 2.75) is 0 Å². The molecule has 0 aliphatic heterocycles. The highest BCUT2D eigenvalue weighted by atomic mass is 35.5. The molecule has 0 aliphatic rings. The fraction of sp³-hybridized carbons (Fsp3) is 0. The summed E-state index contributed by atoms with van der Waals surface area (Å²) < 4.78 is 12.6. The molecule has 0 saturated carbocycles. The van der Waals surface area contributed by atoms with Crippen LogP contribution in [0.3, 0.4) is 0 Å². The number of benzene rings is 1. The van der Waals surface area contributed by atoms with Crippen molar-refractivity contribution in [2.24, 2.45) is 0 Å². The summed E-state index contributed by atoms with van der Waals surface area (Å²) in [6.45, 7) is 0. The van der Waals surface area contributed by atoms with Crippen molar-refractivity contribution >= 4 is 34.8 Å². The summed E-state index contributed by atoms with van der Waals surface area (Å²) in [6, 6.07) is 6.18. The number of nitrogens with zero attached hydrogens (tertiary/aromatic N) is 1. The highest BCUT2D eigenvalue weighted by molar-refractivity contribution is 6.48. The van der Waals surface area contributed by atoms with Crippen LogP contribution < -0.4 is 0 Å². The Bertz CT molecular complexity index is 502. The van der Waals surface area contributed by atoms with E-state index in [0.717, 1.165) is 11.1 Å². The molecule has 16 heavy (non-hydrogen) atoms. The number of rotatable bonds is 1. The summed E-state index contributed by atoms with van der Waals surface area (Å²) in [7, 11) is 0. The summed E-state index contributed by atoms with van der Waals surface area (Å²) in [6.07, 6.45) is 1.41. The SMILES string of the molecule is Fc1ccc(-c2cc(Cl)c(Cl)c(Cl)c2)cn1. The van der Waals surface area contributed by atoms with Crippen molar-refractivity contribution in [3.63, 3.8) is 0 Å². The molecule has 0 atom stereocenters. The zero-order valence-corrected chi connectivity index (χ0v) is 10.1. The van der Waals surface area contributed by atoms with Crippen LogP contribution in [0.25, 0.3) is 11.1 Å². The first-order valence-corrected chi connectivity index (χ1v) is 5.48. The molecule has 0 saturated heterocycles. The van der Waals surface area contributed by atoms with Gasteiger partial charge in [0.05, 0.1) is 15.1 Å². The molecule has 1 aromatic heterocycles. The Hall–Kier alpha value is -0.830. The van der Waals surface area contributed by atoms with Crippen LogP contribution in [0.5, 0.6) is 0 Å². The second-order valence-electron chi connectivity index (χ2n) is 3.12. The Morgan fingerprint density at radius 1 is 0.938 bits per heavy atom. The van der Waals surface area contributed by atoms with Crippen LogP contribution in [-0.4, -0.2) is 4.98 Å². The lowest BCUT2D eigenvalue weighted by molar-refractivity contribution is 0.584. The maximum atomic E-state index is 12.6. The fourth-order valence-corrected chi connectivity index (χ4v) is 1.86. The van der Waals surface area contributed by atoms with E-state index in [4.69, 9.17) is 34.8 Å². The average molecular weight is 277 g/mol. The highest BCUT2D eigenvalue weighted by Crippen LogP contribution is 2.34. The average Bonchev–Trinajstić information content (AvgIpc) is 2.26. The van der Waals surface area contributed by atoms with Crippen LogP contribution in [0.15, 0.2) is 30.5 Å². The van der Waals surface area contributed by atoms with Crippen LogP contribution >= 0.6 is 34.8 Å². The van der Waals surface area contributed by atoms with Crippen molar-refractivity contribution in [3.8, 4) is 11.1 Å². The number of hydrogen-bond donors (Lipinski definition) is 0. The first-order chi connectivity index (χ1) is 7.58. The van der Waals surface area contributed by atoms with Crippen LogP contribution in [0.1, 0.15) is 0 Å². The minimum Gasteiger partial charge on any atom is -0.228 e. The molecular formula is C11H5Cl3FN. The van der Waals surface area contributed by atoms with Gasteiger partial charge >= 0.3 is 0 Å². The maximum Gasteiger partial charge on any atom is 0.212 e. The molecule has 1 heterocycles. The number of pyridine rings is 1. The second kappa shape index (κ2) is 4.58. The minimum absolute atomic E-state index is 0.308. The molecule has 2 aromatic rings. The van der Waals surface area contributed by atoms with E-state index >= 15 is 0 Å². The summed E-state index contributed by atoms with van der Waals surface area (Å²) in [4.78, 5) is 3.55. The van der Waals surface area contributed by atoms with E-state index < -0.39 is 5.95 Å². The van der Waals surface area contributed by atoms with Crippen molar-refractivity contribution in [3.05, 3.63) is 51.5 Å². The van der Waals surface area contributed by atoms with E-state index in [1.54, 1.807) is 18.2 Å². The van der Waals surface area contributed by atoms with Gasteiger partial charge in [-0.1, -0.05) is 34.8 Å². The van der Waals surface area contributed by atoms with Crippen molar-refractivity contribution < 1.29 is 4.39 Å². The highest BCUT2D eigenvalue weighted by Gasteiger charge is 2.07. The molecule has 1 nitrogen and oxygen atoms in total. The smallest absolute Gasteiger partial charge is 0.212 e. The largest absolute Gasteiger partial charge is 0.228 e. The standard InChI is InChI=1S/C11H5Cl3FN/c12-8-3-7(4-9(13)11(8)14)6-1-2-10(15)16-5-6/h1-5H. The van der Waals surface area contributed by atoms with Crippen molar-refractivity contribution in [1.82, 2.24) is 4.98 Å². The molecule has 0 bridgehead atoms. The predicted molar refractivity (Wildman–Crippen MR) is 64.7 cm³/mol. The Morgan fingerprint density at radius 2 is 1.56 bits per heavy atom. The maximum absolute atomic E-state index is 12.6. The van der Waals surface area contributed by atoms with Gasteiger partial charge in [0.25, 0.3) is 0 Å². The molecule has 0 spiro atoms. The quantitative estimate of drug-likeness (QED) is 0.536. The van der Waals surface area contributed by atoms with Gasteiger partial charge in [-0.15, -0.1) is 0 Å². The van der Waals surface area contributed by atoms with Crippen LogP contribution in [0, 0.1) is 5.95 Å². The van der Waals surface area contributed by atoms with Gasteiger partial charge in [0.2, 0.25) is 5.95 Å². The summed E-state index contributed by atoms with van der Waals surface area (Å²) in [5.41, 5.74) is 1.47. The Morgan fingerprint density at radius 3 is 2.06 bits per heavy atom. The molecule has 0 aliphatic carbocycles. The second-order valence-corrected chi connectivity index (χ2v) is 4.32. The lowest BCUT2D eigenvalue weighted by Gasteiger charge is -2.05. The molecule has 0 unspecified atom stereocenters. The predicted octanol–water partition coefficient (Wildman–Crippen LogP) is 4.85. The zero-order chi connectivity index (χ0) is 11.7. The molecule has 0 N–H and O–H groups in total. The van der Waals surface area contributed by atoms with E-state index in [1.165, 1.54) is 12.3 Å². The molecular weight excluding hydrogens is 271 g/mol. The van der Waals surface area contributed by atoms with Gasteiger partial charge in [0.15, 0.2) is 0 Å². The van der Waals surface area contributed by atoms with E-state index in [2.05, 4.69) is 4.98 Å². The van der Waals surface area contributed by atoms with Crippen molar-refractivity contribution in [2.75, 3.05) is 0 Å². The first kappa shape index (κ1) is 11.6. The minimum atomic E-state index is -0.532. The fourth-order valence-electron chi connectivity index (χ4n) is 1.27.